The average Bonchev–Trinajstić information content (AvgIpc) is 1.88. The molecule has 0 spiro atoms. The predicted octanol–water partition coefficient (Wildman–Crippen LogP) is 1.75. The molecule has 0 heterocycles. The molecule has 0 bridgehead atoms. The van der Waals surface area contributed by atoms with Crippen LogP contribution in [0.25, 0.3) is 0 Å². The smallest absolute Gasteiger partial charge is 0.0322 e. The summed E-state index contributed by atoms with van der Waals surface area (Å²) < 4.78 is 0. The molecule has 1 radical (unpaired) electrons. The zero-order chi connectivity index (χ0) is 7.11. The first kappa shape index (κ1) is 8.92. The molecule has 1 atom stereocenters. The summed E-state index contributed by atoms with van der Waals surface area (Å²) in [6.45, 7) is 4.11. The molecule has 9 heavy (non-hydrogen) atoms. The summed E-state index contributed by atoms with van der Waals surface area (Å²) >= 11 is 0. The van der Waals surface area contributed by atoms with Crippen molar-refractivity contribution in [2.24, 2.45) is 0 Å². The van der Waals surface area contributed by atoms with Crippen molar-refractivity contribution < 1.29 is 5.21 Å². The second-order valence-electron chi connectivity index (χ2n) is 2.26. The highest BCUT2D eigenvalue weighted by atomic mass is 16.5. The van der Waals surface area contributed by atoms with Crippen molar-refractivity contribution in [2.75, 3.05) is 0 Å². The van der Waals surface area contributed by atoms with Crippen LogP contribution in [-0.4, -0.2) is 11.2 Å². The summed E-state index contributed by atoms with van der Waals surface area (Å²) in [5, 5.41) is 8.52. The Labute approximate surface area is 57.2 Å². The van der Waals surface area contributed by atoms with Gasteiger partial charge in [-0.05, 0) is 19.3 Å². The van der Waals surface area contributed by atoms with Crippen LogP contribution in [0, 0.1) is 6.42 Å². The molecular formula is C7H16NO. The van der Waals surface area contributed by atoms with Crippen LogP contribution in [0.3, 0.4) is 0 Å². The molecule has 55 valence electrons. The SMILES string of the molecule is C[CH]C[C@H](CCC)NO. The van der Waals surface area contributed by atoms with Crippen LogP contribution >= 0.6 is 0 Å². The molecule has 2 N–H and O–H groups in total. The fourth-order valence-corrected chi connectivity index (χ4v) is 0.868. The van der Waals surface area contributed by atoms with Crippen LogP contribution < -0.4 is 5.48 Å². The second-order valence-corrected chi connectivity index (χ2v) is 2.26. The number of rotatable bonds is 5. The Kier molecular flexibility index (Phi) is 5.99. The summed E-state index contributed by atoms with van der Waals surface area (Å²) in [6.07, 6.45) is 5.17. The molecule has 2 heteroatoms. The van der Waals surface area contributed by atoms with E-state index in [0.29, 0.717) is 0 Å². The Morgan fingerprint density at radius 2 is 2.33 bits per heavy atom. The van der Waals surface area contributed by atoms with E-state index in [0.717, 1.165) is 19.3 Å². The van der Waals surface area contributed by atoms with Gasteiger partial charge in [-0.3, -0.25) is 0 Å². The number of hydrogen-bond donors (Lipinski definition) is 2. The lowest BCUT2D eigenvalue weighted by molar-refractivity contribution is 0.120. The van der Waals surface area contributed by atoms with Gasteiger partial charge in [0.15, 0.2) is 0 Å². The third-order valence-corrected chi connectivity index (χ3v) is 1.34. The summed E-state index contributed by atoms with van der Waals surface area (Å²) in [5.41, 5.74) is 2.27. The largest absolute Gasteiger partial charge is 0.317 e. The molecule has 0 fully saturated rings. The highest BCUT2D eigenvalue weighted by molar-refractivity contribution is 4.68. The first-order chi connectivity index (χ1) is 4.35. The van der Waals surface area contributed by atoms with Crippen LogP contribution in [0.1, 0.15) is 33.1 Å². The summed E-state index contributed by atoms with van der Waals surface area (Å²) in [6, 6.07) is 0.264. The van der Waals surface area contributed by atoms with E-state index in [1.54, 1.807) is 0 Å². The molecule has 0 aromatic rings. The van der Waals surface area contributed by atoms with E-state index in [-0.39, 0.29) is 6.04 Å². The quantitative estimate of drug-likeness (QED) is 0.556. The summed E-state index contributed by atoms with van der Waals surface area (Å²) in [5.74, 6) is 0. The van der Waals surface area contributed by atoms with Gasteiger partial charge in [-0.25, -0.2) is 5.48 Å². The molecule has 0 saturated carbocycles. The van der Waals surface area contributed by atoms with E-state index in [4.69, 9.17) is 5.21 Å². The van der Waals surface area contributed by atoms with E-state index in [2.05, 4.69) is 18.8 Å². The molecule has 2 nitrogen and oxygen atoms in total. The third-order valence-electron chi connectivity index (χ3n) is 1.34. The molecule has 0 aliphatic heterocycles. The van der Waals surface area contributed by atoms with Crippen molar-refractivity contribution in [1.29, 1.82) is 0 Å². The monoisotopic (exact) mass is 130 g/mol. The Morgan fingerprint density at radius 3 is 2.67 bits per heavy atom. The van der Waals surface area contributed by atoms with E-state index >= 15 is 0 Å². The van der Waals surface area contributed by atoms with Crippen LogP contribution in [0.5, 0.6) is 0 Å². The molecule has 0 aromatic carbocycles. The van der Waals surface area contributed by atoms with Crippen molar-refractivity contribution in [3.8, 4) is 0 Å². The van der Waals surface area contributed by atoms with E-state index in [9.17, 15) is 0 Å². The number of nitrogens with one attached hydrogen (secondary N) is 1. The lowest BCUT2D eigenvalue weighted by Crippen LogP contribution is -2.25. The van der Waals surface area contributed by atoms with Gasteiger partial charge in [0, 0.05) is 6.04 Å². The highest BCUT2D eigenvalue weighted by Gasteiger charge is 2.01. The van der Waals surface area contributed by atoms with Gasteiger partial charge in [-0.15, -0.1) is 0 Å². The van der Waals surface area contributed by atoms with Crippen molar-refractivity contribution in [2.45, 2.75) is 39.2 Å². The molecule has 0 aliphatic rings. The minimum Gasteiger partial charge on any atom is -0.317 e. The van der Waals surface area contributed by atoms with Crippen molar-refractivity contribution in [1.82, 2.24) is 5.48 Å². The first-order valence-electron chi connectivity index (χ1n) is 3.52. The Morgan fingerprint density at radius 1 is 1.67 bits per heavy atom. The maximum absolute atomic E-state index is 8.52. The molecule has 0 aliphatic carbocycles. The van der Waals surface area contributed by atoms with Crippen molar-refractivity contribution in [3.63, 3.8) is 0 Å². The van der Waals surface area contributed by atoms with Crippen molar-refractivity contribution in [3.05, 3.63) is 6.42 Å². The highest BCUT2D eigenvalue weighted by Crippen LogP contribution is 2.01. The lowest BCUT2D eigenvalue weighted by Gasteiger charge is -2.10. The fraction of sp³-hybridized carbons (Fsp3) is 0.857. The van der Waals surface area contributed by atoms with Gasteiger partial charge in [0.05, 0.1) is 0 Å². The molecule has 0 saturated heterocycles. The Balaban J connectivity index is 3.18. The van der Waals surface area contributed by atoms with E-state index in [1.165, 1.54) is 0 Å². The molecule has 0 rings (SSSR count). The molecular weight excluding hydrogens is 114 g/mol. The molecule has 0 aromatic heterocycles. The fourth-order valence-electron chi connectivity index (χ4n) is 0.868. The van der Waals surface area contributed by atoms with Gasteiger partial charge in [-0.2, -0.15) is 0 Å². The zero-order valence-electron chi connectivity index (χ0n) is 6.22. The number of hydrogen-bond acceptors (Lipinski definition) is 2. The van der Waals surface area contributed by atoms with Crippen molar-refractivity contribution >= 4 is 0 Å². The standard InChI is InChI=1S/C7H16NO/c1-3-5-7(8-9)6-4-2/h3,7-9H,4-6H2,1-2H3/t7-/m1/s1. The van der Waals surface area contributed by atoms with Crippen LogP contribution in [0.15, 0.2) is 0 Å². The van der Waals surface area contributed by atoms with Crippen LogP contribution in [0.2, 0.25) is 0 Å². The third kappa shape index (κ3) is 4.43. The van der Waals surface area contributed by atoms with Gasteiger partial charge in [-0.1, -0.05) is 20.3 Å². The summed E-state index contributed by atoms with van der Waals surface area (Å²) in [4.78, 5) is 0. The summed E-state index contributed by atoms with van der Waals surface area (Å²) in [7, 11) is 0. The maximum Gasteiger partial charge on any atom is 0.0322 e. The van der Waals surface area contributed by atoms with Crippen LogP contribution in [0.4, 0.5) is 0 Å². The Hall–Kier alpha value is -0.0800. The lowest BCUT2D eigenvalue weighted by atomic mass is 10.1. The van der Waals surface area contributed by atoms with Crippen LogP contribution in [-0.2, 0) is 0 Å². The molecule has 0 unspecified atom stereocenters. The minimum absolute atomic E-state index is 0.264. The number of hydroxylamine groups is 1. The van der Waals surface area contributed by atoms with E-state index in [1.807, 2.05) is 6.92 Å². The van der Waals surface area contributed by atoms with Gasteiger partial charge in [0.1, 0.15) is 0 Å². The minimum atomic E-state index is 0.264. The van der Waals surface area contributed by atoms with Gasteiger partial charge in [0.25, 0.3) is 0 Å². The second kappa shape index (κ2) is 6.05. The van der Waals surface area contributed by atoms with Gasteiger partial charge in [0.2, 0.25) is 0 Å². The Bertz CT molecular complexity index is 50.9. The zero-order valence-corrected chi connectivity index (χ0v) is 6.22. The van der Waals surface area contributed by atoms with E-state index < -0.39 is 0 Å². The normalized spacial score (nSPS) is 10.7. The predicted molar refractivity (Wildman–Crippen MR) is 38.2 cm³/mol. The molecule has 0 amide bonds. The average molecular weight is 130 g/mol. The first-order valence-corrected chi connectivity index (χ1v) is 3.52. The maximum atomic E-state index is 8.52. The van der Waals surface area contributed by atoms with Gasteiger partial charge < -0.3 is 5.21 Å². The van der Waals surface area contributed by atoms with Gasteiger partial charge >= 0.3 is 0 Å². The topological polar surface area (TPSA) is 32.3 Å².